The van der Waals surface area contributed by atoms with Crippen molar-refractivity contribution in [3.63, 3.8) is 0 Å². The molecule has 0 aromatic rings. The van der Waals surface area contributed by atoms with Crippen LogP contribution in [-0.2, 0) is 19.6 Å². The molecule has 0 aromatic carbocycles. The number of rotatable bonds is 9. The highest BCUT2D eigenvalue weighted by molar-refractivity contribution is 7.89. The molecule has 0 radical (unpaired) electrons. The molecule has 0 saturated carbocycles. The largest absolute Gasteiger partial charge is 0.395 e. The van der Waals surface area contributed by atoms with Crippen LogP contribution in [0, 0.1) is 0 Å². The molecule has 0 heterocycles. The van der Waals surface area contributed by atoms with Crippen molar-refractivity contribution in [2.24, 2.45) is 0 Å². The van der Waals surface area contributed by atoms with Crippen molar-refractivity contribution < 1.29 is 23.1 Å². The number of ether oxygens (including phenoxy) is 1. The first-order valence-corrected chi connectivity index (χ1v) is 6.51. The molecule has 0 aliphatic heterocycles. The lowest BCUT2D eigenvalue weighted by molar-refractivity contribution is -0.121. The number of aliphatic hydroxyl groups is 1. The van der Waals surface area contributed by atoms with Crippen LogP contribution in [0.5, 0.6) is 0 Å². The summed E-state index contributed by atoms with van der Waals surface area (Å²) in [6.45, 7) is 0.414. The summed E-state index contributed by atoms with van der Waals surface area (Å²) < 4.78 is 29.0. The van der Waals surface area contributed by atoms with Gasteiger partial charge in [0.05, 0.1) is 19.0 Å². The zero-order valence-corrected chi connectivity index (χ0v) is 10.0. The van der Waals surface area contributed by atoms with Crippen molar-refractivity contribution in [1.29, 1.82) is 0 Å². The van der Waals surface area contributed by atoms with Gasteiger partial charge in [-0.05, 0) is 0 Å². The summed E-state index contributed by atoms with van der Waals surface area (Å²) in [6, 6.07) is 0. The fourth-order valence-corrected chi connectivity index (χ4v) is 1.69. The van der Waals surface area contributed by atoms with Gasteiger partial charge in [-0.25, -0.2) is 13.1 Å². The molecule has 16 heavy (non-hydrogen) atoms. The minimum Gasteiger partial charge on any atom is -0.395 e. The number of hydrogen-bond donors (Lipinski definition) is 3. The topological polar surface area (TPSA) is 105 Å². The Hall–Kier alpha value is -0.700. The van der Waals surface area contributed by atoms with Crippen LogP contribution in [0.3, 0.4) is 0 Å². The molecule has 0 aliphatic rings. The number of carbonyl (C=O) groups is 1. The number of aliphatic hydroxyl groups excluding tert-OH is 1. The number of hydrogen-bond acceptors (Lipinski definition) is 5. The second kappa shape index (κ2) is 8.45. The predicted octanol–water partition coefficient (Wildman–Crippen LogP) is -1.95. The molecule has 0 rings (SSSR count). The molecule has 0 unspecified atom stereocenters. The van der Waals surface area contributed by atoms with Crippen molar-refractivity contribution in [2.75, 3.05) is 39.2 Å². The van der Waals surface area contributed by atoms with Gasteiger partial charge in [-0.1, -0.05) is 0 Å². The highest BCUT2D eigenvalue weighted by Crippen LogP contribution is 1.85. The predicted molar refractivity (Wildman–Crippen MR) is 58.4 cm³/mol. The van der Waals surface area contributed by atoms with Crippen molar-refractivity contribution in [3.05, 3.63) is 0 Å². The molecular formula is C8H18N2O5S. The Kier molecular flexibility index (Phi) is 8.08. The SMILES string of the molecule is COCCNC(=O)CCNS(=O)(=O)CCO. The Morgan fingerprint density at radius 2 is 2.06 bits per heavy atom. The molecule has 8 heteroatoms. The van der Waals surface area contributed by atoms with Crippen LogP contribution in [-0.4, -0.2) is 58.6 Å². The minimum atomic E-state index is -3.46. The molecule has 0 fully saturated rings. The lowest BCUT2D eigenvalue weighted by Crippen LogP contribution is -2.33. The van der Waals surface area contributed by atoms with Gasteiger partial charge in [-0.2, -0.15) is 0 Å². The summed E-state index contributed by atoms with van der Waals surface area (Å²) in [5.74, 6) is -0.595. The van der Waals surface area contributed by atoms with E-state index in [1.54, 1.807) is 0 Å². The average molecular weight is 254 g/mol. The lowest BCUT2D eigenvalue weighted by atomic mass is 10.4. The van der Waals surface area contributed by atoms with E-state index in [1.165, 1.54) is 7.11 Å². The van der Waals surface area contributed by atoms with Gasteiger partial charge in [0.1, 0.15) is 0 Å². The molecule has 0 aromatic heterocycles. The maximum atomic E-state index is 11.1. The zero-order chi connectivity index (χ0) is 12.4. The van der Waals surface area contributed by atoms with Crippen LogP contribution in [0.1, 0.15) is 6.42 Å². The summed E-state index contributed by atoms with van der Waals surface area (Å²) in [7, 11) is -1.93. The molecule has 0 aliphatic carbocycles. The number of sulfonamides is 1. The molecule has 7 nitrogen and oxygen atoms in total. The van der Waals surface area contributed by atoms with E-state index in [0.29, 0.717) is 13.2 Å². The highest BCUT2D eigenvalue weighted by atomic mass is 32.2. The maximum absolute atomic E-state index is 11.1. The second-order valence-electron chi connectivity index (χ2n) is 3.03. The Bertz CT molecular complexity index is 291. The first-order chi connectivity index (χ1) is 7.52. The number of amides is 1. The van der Waals surface area contributed by atoms with Gasteiger partial charge in [0.2, 0.25) is 15.9 Å². The van der Waals surface area contributed by atoms with Gasteiger partial charge in [0.25, 0.3) is 0 Å². The Labute approximate surface area is 95.2 Å². The van der Waals surface area contributed by atoms with E-state index < -0.39 is 16.6 Å². The molecule has 0 atom stereocenters. The third kappa shape index (κ3) is 8.60. The van der Waals surface area contributed by atoms with Crippen molar-refractivity contribution >= 4 is 15.9 Å². The van der Waals surface area contributed by atoms with Crippen molar-refractivity contribution in [2.45, 2.75) is 6.42 Å². The van der Waals surface area contributed by atoms with Gasteiger partial charge >= 0.3 is 0 Å². The van der Waals surface area contributed by atoms with Gasteiger partial charge in [0.15, 0.2) is 0 Å². The summed E-state index contributed by atoms with van der Waals surface area (Å²) in [5.41, 5.74) is 0. The number of carbonyl (C=O) groups excluding carboxylic acids is 1. The Morgan fingerprint density at radius 3 is 2.62 bits per heavy atom. The minimum absolute atomic E-state index is 0.0289. The third-order valence-electron chi connectivity index (χ3n) is 1.66. The van der Waals surface area contributed by atoms with Crippen LogP contribution in [0.25, 0.3) is 0 Å². The second-order valence-corrected chi connectivity index (χ2v) is 4.96. The van der Waals surface area contributed by atoms with Gasteiger partial charge in [0, 0.05) is 26.6 Å². The van der Waals surface area contributed by atoms with Crippen LogP contribution >= 0.6 is 0 Å². The molecule has 3 N–H and O–H groups in total. The fraction of sp³-hybridized carbons (Fsp3) is 0.875. The van der Waals surface area contributed by atoms with Crippen molar-refractivity contribution in [3.8, 4) is 0 Å². The van der Waals surface area contributed by atoms with E-state index in [2.05, 4.69) is 10.0 Å². The molecular weight excluding hydrogens is 236 g/mol. The maximum Gasteiger partial charge on any atom is 0.221 e. The molecule has 1 amide bonds. The van der Waals surface area contributed by atoms with E-state index in [1.807, 2.05) is 0 Å². The summed E-state index contributed by atoms with van der Waals surface area (Å²) in [4.78, 5) is 11.1. The highest BCUT2D eigenvalue weighted by Gasteiger charge is 2.09. The monoisotopic (exact) mass is 254 g/mol. The van der Waals surface area contributed by atoms with E-state index in [9.17, 15) is 13.2 Å². The zero-order valence-electron chi connectivity index (χ0n) is 9.23. The van der Waals surface area contributed by atoms with E-state index in [4.69, 9.17) is 9.84 Å². The van der Waals surface area contributed by atoms with E-state index in [-0.39, 0.29) is 24.6 Å². The molecule has 0 bridgehead atoms. The molecule has 0 spiro atoms. The van der Waals surface area contributed by atoms with Crippen molar-refractivity contribution in [1.82, 2.24) is 10.0 Å². The van der Waals surface area contributed by atoms with E-state index >= 15 is 0 Å². The van der Waals surface area contributed by atoms with Crippen LogP contribution in [0.4, 0.5) is 0 Å². The smallest absolute Gasteiger partial charge is 0.221 e. The van der Waals surface area contributed by atoms with Gasteiger partial charge in [-0.15, -0.1) is 0 Å². The van der Waals surface area contributed by atoms with E-state index in [0.717, 1.165) is 0 Å². The summed E-state index contributed by atoms with van der Waals surface area (Å²) in [6.07, 6.45) is 0.0639. The third-order valence-corrected chi connectivity index (χ3v) is 3.03. The van der Waals surface area contributed by atoms with Crippen LogP contribution < -0.4 is 10.0 Å². The van der Waals surface area contributed by atoms with Crippen LogP contribution in [0.2, 0.25) is 0 Å². The number of nitrogens with one attached hydrogen (secondary N) is 2. The number of methoxy groups -OCH3 is 1. The average Bonchev–Trinajstić information content (AvgIpc) is 2.17. The fourth-order valence-electron chi connectivity index (χ4n) is 0.893. The van der Waals surface area contributed by atoms with Crippen LogP contribution in [0.15, 0.2) is 0 Å². The van der Waals surface area contributed by atoms with Gasteiger partial charge in [-0.3, -0.25) is 4.79 Å². The summed E-state index contributed by atoms with van der Waals surface area (Å²) in [5, 5.41) is 11.0. The first kappa shape index (κ1) is 15.3. The van der Waals surface area contributed by atoms with Gasteiger partial charge < -0.3 is 15.2 Å². The normalized spacial score (nSPS) is 11.4. The lowest BCUT2D eigenvalue weighted by Gasteiger charge is -2.06. The standard InChI is InChI=1S/C8H18N2O5S/c1-15-6-4-9-8(12)2-3-10-16(13,14)7-5-11/h10-11H,2-7H2,1H3,(H,9,12). The molecule has 96 valence electrons. The quantitative estimate of drug-likeness (QED) is 0.415. The summed E-state index contributed by atoms with van der Waals surface area (Å²) >= 11 is 0. The Morgan fingerprint density at radius 1 is 1.38 bits per heavy atom. The first-order valence-electron chi connectivity index (χ1n) is 4.85. The molecule has 0 saturated heterocycles. The Balaban J connectivity index is 3.61.